The van der Waals surface area contributed by atoms with E-state index in [-0.39, 0.29) is 11.5 Å². The highest BCUT2D eigenvalue weighted by atomic mass is 35.5. The van der Waals surface area contributed by atoms with Crippen LogP contribution in [-0.2, 0) is 12.1 Å². The Morgan fingerprint density at radius 2 is 1.80 bits per heavy atom. The maximum atomic E-state index is 13.7. The van der Waals surface area contributed by atoms with Crippen molar-refractivity contribution in [3.8, 4) is 0 Å². The van der Waals surface area contributed by atoms with Crippen molar-refractivity contribution in [1.29, 1.82) is 0 Å². The van der Waals surface area contributed by atoms with E-state index >= 15 is 0 Å². The second-order valence-corrected chi connectivity index (χ2v) is 9.35. The topological polar surface area (TPSA) is 97.4 Å². The van der Waals surface area contributed by atoms with Gasteiger partial charge in [-0.3, -0.25) is 4.79 Å². The van der Waals surface area contributed by atoms with Gasteiger partial charge >= 0.3 is 5.97 Å². The Bertz CT molecular complexity index is 1600. The van der Waals surface area contributed by atoms with Gasteiger partial charge in [-0.25, -0.2) is 4.79 Å². The van der Waals surface area contributed by atoms with Gasteiger partial charge in [0.1, 0.15) is 0 Å². The second kappa shape index (κ2) is 7.99. The Balaban J connectivity index is 1.39. The first-order valence-electron chi connectivity index (χ1n) is 11.2. The van der Waals surface area contributed by atoms with E-state index in [9.17, 15) is 14.7 Å². The van der Waals surface area contributed by atoms with Crippen LogP contribution in [0.15, 0.2) is 77.6 Å². The van der Waals surface area contributed by atoms with Gasteiger partial charge in [0.05, 0.1) is 33.8 Å². The van der Waals surface area contributed by atoms with Crippen molar-refractivity contribution in [3.63, 3.8) is 0 Å². The van der Waals surface area contributed by atoms with Gasteiger partial charge in [-0.1, -0.05) is 41.0 Å². The zero-order chi connectivity index (χ0) is 24.2. The van der Waals surface area contributed by atoms with Crippen molar-refractivity contribution in [3.05, 3.63) is 100 Å². The van der Waals surface area contributed by atoms with Crippen LogP contribution in [0.5, 0.6) is 0 Å². The molecular formula is C27H20ClN3O4. The number of rotatable bonds is 6. The Labute approximate surface area is 204 Å². The minimum atomic E-state index is -0.977. The first-order valence-corrected chi connectivity index (χ1v) is 11.6. The van der Waals surface area contributed by atoms with Gasteiger partial charge in [0.15, 0.2) is 5.58 Å². The second-order valence-electron chi connectivity index (χ2n) is 8.91. The quantitative estimate of drug-likeness (QED) is 0.326. The number of hydrogen-bond acceptors (Lipinski definition) is 4. The normalized spacial score (nSPS) is 14.3. The van der Waals surface area contributed by atoms with Crippen LogP contribution in [0.4, 0.5) is 0 Å². The number of aromatic carboxylic acids is 1. The van der Waals surface area contributed by atoms with Crippen LogP contribution >= 0.6 is 11.6 Å². The number of nitrogens with one attached hydrogen (secondary N) is 1. The Hall–Kier alpha value is -4.10. The van der Waals surface area contributed by atoms with Crippen LogP contribution in [0.3, 0.4) is 0 Å². The van der Waals surface area contributed by atoms with E-state index in [1.807, 2.05) is 41.1 Å². The molecule has 3 aromatic carbocycles. The van der Waals surface area contributed by atoms with Gasteiger partial charge in [-0.05, 0) is 60.4 Å². The number of carbonyl (C=O) groups excluding carboxylic acids is 1. The number of carbonyl (C=O) groups is 2. The van der Waals surface area contributed by atoms with Gasteiger partial charge in [0, 0.05) is 23.2 Å². The zero-order valence-electron chi connectivity index (χ0n) is 18.5. The Kier molecular flexibility index (Phi) is 4.89. The molecule has 0 atom stereocenters. The summed E-state index contributed by atoms with van der Waals surface area (Å²) in [4.78, 5) is 24.9. The van der Waals surface area contributed by atoms with E-state index in [2.05, 4.69) is 10.5 Å². The maximum absolute atomic E-state index is 13.7. The molecule has 0 spiro atoms. The number of benzene rings is 3. The fraction of sp³-hybridized carbons (Fsp3) is 0.148. The number of halogens is 1. The molecule has 8 heteroatoms. The van der Waals surface area contributed by atoms with Crippen LogP contribution in [0.2, 0.25) is 5.02 Å². The molecule has 0 aliphatic heterocycles. The van der Waals surface area contributed by atoms with Crippen molar-refractivity contribution < 1.29 is 19.2 Å². The van der Waals surface area contributed by atoms with Crippen LogP contribution in [0, 0.1) is 0 Å². The summed E-state index contributed by atoms with van der Waals surface area (Å²) >= 11 is 6.04. The standard InChI is InChI=1S/C27H20ClN3O4/c28-19-7-1-16(2-8-19)15-31-12-9-20-22-14-29-35-23(22)13-21(24(20)31)25(32)30-27(10-11-27)18-5-3-17(4-6-18)26(33)34/h1-9,12-14H,10-11,15H2,(H,30,32)(H,33,34). The van der Waals surface area contributed by atoms with E-state index in [4.69, 9.17) is 16.1 Å². The summed E-state index contributed by atoms with van der Waals surface area (Å²) in [6, 6.07) is 18.0. The monoisotopic (exact) mass is 485 g/mol. The molecule has 7 nitrogen and oxygen atoms in total. The highest BCUT2D eigenvalue weighted by Crippen LogP contribution is 2.46. The summed E-state index contributed by atoms with van der Waals surface area (Å²) in [6.07, 6.45) is 5.19. The predicted octanol–water partition coefficient (Wildman–Crippen LogP) is 5.60. The van der Waals surface area contributed by atoms with Crippen molar-refractivity contribution >= 4 is 45.3 Å². The Morgan fingerprint density at radius 1 is 1.06 bits per heavy atom. The maximum Gasteiger partial charge on any atom is 0.335 e. The molecule has 35 heavy (non-hydrogen) atoms. The molecule has 2 aromatic heterocycles. The number of nitrogens with zero attached hydrogens (tertiary/aromatic N) is 2. The molecule has 2 N–H and O–H groups in total. The van der Waals surface area contributed by atoms with Crippen molar-refractivity contribution in [2.45, 2.75) is 24.9 Å². The summed E-state index contributed by atoms with van der Waals surface area (Å²) < 4.78 is 7.46. The molecule has 6 rings (SSSR count). The molecule has 1 fully saturated rings. The lowest BCUT2D eigenvalue weighted by atomic mass is 10.0. The number of aromatic nitrogens is 2. The summed E-state index contributed by atoms with van der Waals surface area (Å²) in [7, 11) is 0. The molecule has 1 amide bonds. The average Bonchev–Trinajstić information content (AvgIpc) is 3.28. The molecule has 5 aromatic rings. The largest absolute Gasteiger partial charge is 0.478 e. The number of carboxylic acid groups (broad SMARTS) is 1. The van der Waals surface area contributed by atoms with Crippen molar-refractivity contribution in [2.24, 2.45) is 0 Å². The van der Waals surface area contributed by atoms with Gasteiger partial charge in [0.25, 0.3) is 5.91 Å². The molecule has 1 saturated carbocycles. The fourth-order valence-corrected chi connectivity index (χ4v) is 4.79. The third kappa shape index (κ3) is 3.74. The minimum Gasteiger partial charge on any atom is -0.478 e. The van der Waals surface area contributed by atoms with Crippen molar-refractivity contribution in [2.75, 3.05) is 0 Å². The van der Waals surface area contributed by atoms with Gasteiger partial charge < -0.3 is 19.5 Å². The highest BCUT2D eigenvalue weighted by molar-refractivity contribution is 6.30. The molecule has 1 aliphatic rings. The average molecular weight is 486 g/mol. The van der Waals surface area contributed by atoms with Gasteiger partial charge in [-0.15, -0.1) is 0 Å². The number of hydrogen-bond donors (Lipinski definition) is 2. The smallest absolute Gasteiger partial charge is 0.335 e. The first-order chi connectivity index (χ1) is 16.9. The third-order valence-electron chi connectivity index (χ3n) is 6.68. The lowest BCUT2D eigenvalue weighted by Gasteiger charge is -2.19. The highest BCUT2D eigenvalue weighted by Gasteiger charge is 2.46. The summed E-state index contributed by atoms with van der Waals surface area (Å²) in [5.41, 5.74) is 3.49. The van der Waals surface area contributed by atoms with E-state index < -0.39 is 11.5 Å². The SMILES string of the molecule is O=C(O)c1ccc(C2(NC(=O)c3cc4oncc4c4ccn(Cc5ccc(Cl)cc5)c34)CC2)cc1. The molecule has 0 saturated heterocycles. The lowest BCUT2D eigenvalue weighted by Crippen LogP contribution is -2.35. The van der Waals surface area contributed by atoms with E-state index in [0.717, 1.165) is 40.3 Å². The summed E-state index contributed by atoms with van der Waals surface area (Å²) in [6.45, 7) is 0.569. The van der Waals surface area contributed by atoms with Crippen LogP contribution in [0.25, 0.3) is 21.9 Å². The minimum absolute atomic E-state index is 0.216. The number of carboxylic acids is 1. The van der Waals surface area contributed by atoms with Gasteiger partial charge in [-0.2, -0.15) is 0 Å². The zero-order valence-corrected chi connectivity index (χ0v) is 19.2. The number of amides is 1. The molecular weight excluding hydrogens is 466 g/mol. The van der Waals surface area contributed by atoms with Gasteiger partial charge in [0.2, 0.25) is 0 Å². The Morgan fingerprint density at radius 3 is 2.49 bits per heavy atom. The summed E-state index contributed by atoms with van der Waals surface area (Å²) in [5, 5.41) is 18.7. The number of fused-ring (bicyclic) bond motifs is 3. The van der Waals surface area contributed by atoms with Crippen LogP contribution in [0.1, 0.15) is 44.7 Å². The molecule has 174 valence electrons. The van der Waals surface area contributed by atoms with Crippen molar-refractivity contribution in [1.82, 2.24) is 15.0 Å². The third-order valence-corrected chi connectivity index (χ3v) is 6.93. The molecule has 0 bridgehead atoms. The van der Waals surface area contributed by atoms with E-state index in [1.165, 1.54) is 0 Å². The predicted molar refractivity (Wildman–Crippen MR) is 132 cm³/mol. The molecule has 2 heterocycles. The van der Waals surface area contributed by atoms with E-state index in [1.54, 1.807) is 36.5 Å². The van der Waals surface area contributed by atoms with Crippen LogP contribution < -0.4 is 5.32 Å². The van der Waals surface area contributed by atoms with E-state index in [0.29, 0.717) is 22.7 Å². The fourth-order valence-electron chi connectivity index (χ4n) is 4.66. The molecule has 1 aliphatic carbocycles. The first kappa shape index (κ1) is 21.4. The molecule has 0 radical (unpaired) electrons. The lowest BCUT2D eigenvalue weighted by molar-refractivity contribution is 0.0696. The van der Waals surface area contributed by atoms with Crippen LogP contribution in [-0.4, -0.2) is 26.7 Å². The molecule has 0 unspecified atom stereocenters. The summed E-state index contributed by atoms with van der Waals surface area (Å²) in [5.74, 6) is -1.20.